The molecule has 0 spiro atoms. The highest BCUT2D eigenvalue weighted by Gasteiger charge is 2.28. The first-order valence-corrected chi connectivity index (χ1v) is 7.59. The Morgan fingerprint density at radius 2 is 2.05 bits per heavy atom. The first kappa shape index (κ1) is 14.2. The summed E-state index contributed by atoms with van der Waals surface area (Å²) in [5, 5.41) is 9.11. The zero-order chi connectivity index (χ0) is 13.9. The zero-order valence-corrected chi connectivity index (χ0v) is 11.2. The van der Waals surface area contributed by atoms with E-state index in [2.05, 4.69) is 4.72 Å². The van der Waals surface area contributed by atoms with E-state index in [1.807, 2.05) is 0 Å². The Labute approximate surface area is 112 Å². The van der Waals surface area contributed by atoms with Gasteiger partial charge in [0.25, 0.3) is 0 Å². The van der Waals surface area contributed by atoms with Crippen molar-refractivity contribution in [2.24, 2.45) is 5.92 Å². The van der Waals surface area contributed by atoms with Gasteiger partial charge in [0.1, 0.15) is 5.82 Å². The summed E-state index contributed by atoms with van der Waals surface area (Å²) in [6.45, 7) is 0.739. The van der Waals surface area contributed by atoms with Gasteiger partial charge in [0.15, 0.2) is 0 Å². The van der Waals surface area contributed by atoms with Crippen molar-refractivity contribution < 1.29 is 17.9 Å². The molecule has 2 N–H and O–H groups in total. The number of nitrogens with one attached hydrogen (secondary N) is 1. The minimum atomic E-state index is -3.64. The van der Waals surface area contributed by atoms with Crippen molar-refractivity contribution >= 4 is 15.9 Å². The van der Waals surface area contributed by atoms with Crippen molar-refractivity contribution in [3.05, 3.63) is 30.1 Å². The fourth-order valence-corrected chi connectivity index (χ4v) is 3.47. The molecule has 1 heterocycles. The third-order valence-electron chi connectivity index (χ3n) is 3.17. The van der Waals surface area contributed by atoms with Crippen LogP contribution in [-0.4, -0.2) is 37.5 Å². The van der Waals surface area contributed by atoms with Crippen molar-refractivity contribution in [1.29, 1.82) is 0 Å². The van der Waals surface area contributed by atoms with E-state index in [1.54, 1.807) is 0 Å². The van der Waals surface area contributed by atoms with Gasteiger partial charge in [0.05, 0.1) is 0 Å². The average Bonchev–Trinajstić information content (AvgIpc) is 2.41. The number of rotatable bonds is 4. The maximum absolute atomic E-state index is 12.8. The quantitative estimate of drug-likeness (QED) is 0.874. The first-order chi connectivity index (χ1) is 9.01. The van der Waals surface area contributed by atoms with Crippen LogP contribution in [0.25, 0.3) is 0 Å². The Balaban J connectivity index is 2.07. The molecule has 1 fully saturated rings. The van der Waals surface area contributed by atoms with E-state index < -0.39 is 16.0 Å². The van der Waals surface area contributed by atoms with Crippen LogP contribution in [0.4, 0.5) is 10.1 Å². The summed E-state index contributed by atoms with van der Waals surface area (Å²) < 4.78 is 40.8. The van der Waals surface area contributed by atoms with Gasteiger partial charge in [-0.1, -0.05) is 0 Å². The van der Waals surface area contributed by atoms with Crippen molar-refractivity contribution in [2.45, 2.75) is 12.8 Å². The second-order valence-corrected chi connectivity index (χ2v) is 6.33. The monoisotopic (exact) mass is 288 g/mol. The van der Waals surface area contributed by atoms with E-state index in [0.29, 0.717) is 18.8 Å². The number of nitrogens with zero attached hydrogens (tertiary/aromatic N) is 1. The van der Waals surface area contributed by atoms with E-state index in [9.17, 15) is 12.8 Å². The van der Waals surface area contributed by atoms with E-state index in [4.69, 9.17) is 5.11 Å². The molecule has 1 saturated heterocycles. The van der Waals surface area contributed by atoms with Crippen molar-refractivity contribution in [1.82, 2.24) is 4.31 Å². The minimum Gasteiger partial charge on any atom is -0.396 e. The number of benzene rings is 1. The summed E-state index contributed by atoms with van der Waals surface area (Å²) in [5.41, 5.74) is 0.326. The Hall–Kier alpha value is -1.18. The molecule has 0 amide bonds. The normalized spacial score (nSPS) is 21.3. The molecule has 1 aliphatic rings. The fourth-order valence-electron chi connectivity index (χ4n) is 2.13. The molecule has 1 unspecified atom stereocenters. The van der Waals surface area contributed by atoms with Crippen LogP contribution in [0.5, 0.6) is 0 Å². The lowest BCUT2D eigenvalue weighted by atomic mass is 10.0. The molecule has 0 bridgehead atoms. The SMILES string of the molecule is O=S(=O)(Nc1ccc(F)cc1)N1CCCC(CO)C1. The molecule has 5 nitrogen and oxygen atoms in total. The van der Waals surface area contributed by atoms with Gasteiger partial charge in [-0.05, 0) is 43.0 Å². The molecule has 0 aromatic heterocycles. The highest BCUT2D eigenvalue weighted by atomic mass is 32.2. The Morgan fingerprint density at radius 3 is 2.68 bits per heavy atom. The topological polar surface area (TPSA) is 69.6 Å². The van der Waals surface area contributed by atoms with Gasteiger partial charge in [0.2, 0.25) is 0 Å². The van der Waals surface area contributed by atoms with Crippen LogP contribution in [0.2, 0.25) is 0 Å². The van der Waals surface area contributed by atoms with Crippen molar-refractivity contribution in [3.63, 3.8) is 0 Å². The Kier molecular flexibility index (Phi) is 4.38. The maximum Gasteiger partial charge on any atom is 0.301 e. The average molecular weight is 288 g/mol. The second kappa shape index (κ2) is 5.85. The third kappa shape index (κ3) is 3.65. The zero-order valence-electron chi connectivity index (χ0n) is 10.4. The molecule has 1 aromatic rings. The van der Waals surface area contributed by atoms with Gasteiger partial charge in [-0.3, -0.25) is 4.72 Å². The molecular formula is C12H17FN2O3S. The molecule has 1 aromatic carbocycles. The van der Waals surface area contributed by atoms with Gasteiger partial charge in [-0.15, -0.1) is 0 Å². The standard InChI is InChI=1S/C12H17FN2O3S/c13-11-3-5-12(6-4-11)14-19(17,18)15-7-1-2-10(8-15)9-16/h3-6,10,14,16H,1-2,7-9H2. The van der Waals surface area contributed by atoms with Gasteiger partial charge in [-0.2, -0.15) is 12.7 Å². The lowest BCUT2D eigenvalue weighted by Crippen LogP contribution is -2.43. The highest BCUT2D eigenvalue weighted by molar-refractivity contribution is 7.90. The molecule has 1 aliphatic heterocycles. The number of halogens is 1. The van der Waals surface area contributed by atoms with Crippen molar-refractivity contribution in [2.75, 3.05) is 24.4 Å². The lowest BCUT2D eigenvalue weighted by molar-refractivity contribution is 0.166. The summed E-state index contributed by atoms with van der Waals surface area (Å²) in [6, 6.07) is 5.15. The molecule has 1 atom stereocenters. The highest BCUT2D eigenvalue weighted by Crippen LogP contribution is 2.20. The smallest absolute Gasteiger partial charge is 0.301 e. The molecule has 0 radical (unpaired) electrons. The van der Waals surface area contributed by atoms with Crippen LogP contribution in [0.3, 0.4) is 0 Å². The molecule has 19 heavy (non-hydrogen) atoms. The maximum atomic E-state index is 12.8. The molecule has 2 rings (SSSR count). The van der Waals surface area contributed by atoms with Gasteiger partial charge in [-0.25, -0.2) is 4.39 Å². The van der Waals surface area contributed by atoms with Crippen LogP contribution < -0.4 is 4.72 Å². The minimum absolute atomic E-state index is 0.0113. The summed E-state index contributed by atoms with van der Waals surface area (Å²) in [7, 11) is -3.64. The number of anilines is 1. The Morgan fingerprint density at radius 1 is 1.37 bits per heavy atom. The number of hydrogen-bond donors (Lipinski definition) is 2. The number of aliphatic hydroxyl groups is 1. The van der Waals surface area contributed by atoms with Gasteiger partial charge < -0.3 is 5.11 Å². The van der Waals surface area contributed by atoms with Crippen LogP contribution >= 0.6 is 0 Å². The fraction of sp³-hybridized carbons (Fsp3) is 0.500. The molecule has 106 valence electrons. The first-order valence-electron chi connectivity index (χ1n) is 6.15. The molecule has 0 saturated carbocycles. The van der Waals surface area contributed by atoms with Crippen LogP contribution in [0.15, 0.2) is 24.3 Å². The van der Waals surface area contributed by atoms with E-state index >= 15 is 0 Å². The third-order valence-corrected chi connectivity index (χ3v) is 4.68. The predicted octanol–water partition coefficient (Wildman–Crippen LogP) is 1.19. The molecular weight excluding hydrogens is 271 g/mol. The van der Waals surface area contributed by atoms with E-state index in [0.717, 1.165) is 12.8 Å². The van der Waals surface area contributed by atoms with Gasteiger partial charge >= 0.3 is 10.2 Å². The van der Waals surface area contributed by atoms with E-state index in [-0.39, 0.29) is 12.5 Å². The van der Waals surface area contributed by atoms with Gasteiger partial charge in [0, 0.05) is 25.4 Å². The van der Waals surface area contributed by atoms with E-state index in [1.165, 1.54) is 28.6 Å². The number of piperidine rings is 1. The summed E-state index contributed by atoms with van der Waals surface area (Å²) in [5.74, 6) is -0.431. The summed E-state index contributed by atoms with van der Waals surface area (Å²) in [4.78, 5) is 0. The largest absolute Gasteiger partial charge is 0.396 e. The Bertz CT molecular complexity index is 518. The van der Waals surface area contributed by atoms with Crippen LogP contribution in [-0.2, 0) is 10.2 Å². The molecule has 7 heteroatoms. The predicted molar refractivity (Wildman–Crippen MR) is 70.3 cm³/mol. The molecule has 0 aliphatic carbocycles. The van der Waals surface area contributed by atoms with Crippen molar-refractivity contribution in [3.8, 4) is 0 Å². The van der Waals surface area contributed by atoms with Crippen LogP contribution in [0, 0.1) is 11.7 Å². The summed E-state index contributed by atoms with van der Waals surface area (Å²) in [6.07, 6.45) is 1.56. The summed E-state index contributed by atoms with van der Waals surface area (Å²) >= 11 is 0. The second-order valence-electron chi connectivity index (χ2n) is 4.66. The lowest BCUT2D eigenvalue weighted by Gasteiger charge is -2.31. The van der Waals surface area contributed by atoms with Crippen LogP contribution in [0.1, 0.15) is 12.8 Å². The number of hydrogen-bond acceptors (Lipinski definition) is 3. The number of aliphatic hydroxyl groups excluding tert-OH is 1.